The lowest BCUT2D eigenvalue weighted by atomic mass is 10.0. The molecule has 0 heterocycles. The van der Waals surface area contributed by atoms with Gasteiger partial charge in [0.2, 0.25) is 0 Å². The minimum Gasteiger partial charge on any atom is -0.355 e. The van der Waals surface area contributed by atoms with Gasteiger partial charge in [-0.2, -0.15) is 0 Å². The molecule has 1 N–H and O–H groups in total. The van der Waals surface area contributed by atoms with Crippen LogP contribution < -0.4 is 5.32 Å². The van der Waals surface area contributed by atoms with E-state index in [9.17, 15) is 0 Å². The van der Waals surface area contributed by atoms with Crippen LogP contribution in [0.5, 0.6) is 0 Å². The first kappa shape index (κ1) is 15.7. The van der Waals surface area contributed by atoms with Crippen molar-refractivity contribution in [3.8, 4) is 11.1 Å². The Bertz CT molecular complexity index is 1240. The van der Waals surface area contributed by atoms with Crippen molar-refractivity contribution in [1.29, 1.82) is 0 Å². The molecule has 1 nitrogen and oxygen atoms in total. The van der Waals surface area contributed by atoms with Crippen molar-refractivity contribution >= 4 is 32.9 Å². The Balaban J connectivity index is 1.54. The molecule has 0 atom stereocenters. The van der Waals surface area contributed by atoms with Gasteiger partial charge in [0.15, 0.2) is 0 Å². The molecular weight excluding hydrogens is 326 g/mol. The third-order valence-corrected chi connectivity index (χ3v) is 5.01. The van der Waals surface area contributed by atoms with Crippen LogP contribution in [0.1, 0.15) is 0 Å². The smallest absolute Gasteiger partial charge is 0.0390 e. The first-order valence-electron chi connectivity index (χ1n) is 9.21. The molecule has 0 spiro atoms. The van der Waals surface area contributed by atoms with Crippen molar-refractivity contribution in [3.05, 3.63) is 109 Å². The lowest BCUT2D eigenvalue weighted by Crippen LogP contribution is -1.91. The van der Waals surface area contributed by atoms with Crippen LogP contribution in [0.4, 0.5) is 11.4 Å². The molecule has 27 heavy (non-hydrogen) atoms. The van der Waals surface area contributed by atoms with Gasteiger partial charge in [0.05, 0.1) is 0 Å². The molecule has 1 heteroatoms. The Morgan fingerprint density at radius 2 is 1.07 bits per heavy atom. The van der Waals surface area contributed by atoms with Crippen LogP contribution in [0.25, 0.3) is 32.7 Å². The minimum absolute atomic E-state index is 1.09. The molecule has 5 aromatic rings. The number of nitrogens with one attached hydrogen (secondary N) is 1. The van der Waals surface area contributed by atoms with Gasteiger partial charge in [0, 0.05) is 11.4 Å². The van der Waals surface area contributed by atoms with Crippen molar-refractivity contribution in [2.24, 2.45) is 0 Å². The van der Waals surface area contributed by atoms with Crippen LogP contribution in [0.15, 0.2) is 109 Å². The van der Waals surface area contributed by atoms with Crippen LogP contribution in [0.2, 0.25) is 0 Å². The largest absolute Gasteiger partial charge is 0.355 e. The van der Waals surface area contributed by atoms with E-state index in [4.69, 9.17) is 0 Å². The second kappa shape index (κ2) is 6.62. The Hall–Kier alpha value is -3.58. The van der Waals surface area contributed by atoms with Crippen molar-refractivity contribution in [2.45, 2.75) is 0 Å². The quantitative estimate of drug-likeness (QED) is 0.336. The molecule has 0 aliphatic rings. The van der Waals surface area contributed by atoms with Gasteiger partial charge in [-0.3, -0.25) is 0 Å². The number of benzene rings is 5. The summed E-state index contributed by atoms with van der Waals surface area (Å²) in [5, 5.41) is 8.67. The fraction of sp³-hybridized carbons (Fsp3) is 0. The third kappa shape index (κ3) is 3.04. The highest BCUT2D eigenvalue weighted by atomic mass is 14.9. The summed E-state index contributed by atoms with van der Waals surface area (Å²) < 4.78 is 0. The second-order valence-electron chi connectivity index (χ2n) is 6.79. The number of anilines is 2. The highest BCUT2D eigenvalue weighted by Gasteiger charge is 2.03. The molecule has 0 aliphatic carbocycles. The zero-order chi connectivity index (χ0) is 18.1. The summed E-state index contributed by atoms with van der Waals surface area (Å²) in [7, 11) is 0. The maximum atomic E-state index is 3.57. The Morgan fingerprint density at radius 1 is 0.407 bits per heavy atom. The molecule has 0 amide bonds. The van der Waals surface area contributed by atoms with E-state index in [1.807, 2.05) is 6.07 Å². The lowest BCUT2D eigenvalue weighted by molar-refractivity contribution is 1.55. The van der Waals surface area contributed by atoms with Gasteiger partial charge in [-0.25, -0.2) is 0 Å². The van der Waals surface area contributed by atoms with Crippen LogP contribution in [-0.2, 0) is 0 Å². The number of rotatable bonds is 3. The molecule has 0 aromatic heterocycles. The highest BCUT2D eigenvalue weighted by Crippen LogP contribution is 2.30. The van der Waals surface area contributed by atoms with E-state index in [0.717, 1.165) is 11.4 Å². The minimum atomic E-state index is 1.09. The standard InChI is InChI=1S/C26H19N/c1-2-7-19(8-3-1)22-10-6-11-23(17-22)27-24-16-15-21-14-13-20-9-4-5-12-25(20)26(21)18-24/h1-18,27H. The summed E-state index contributed by atoms with van der Waals surface area (Å²) in [5.74, 6) is 0. The molecule has 0 radical (unpaired) electrons. The molecule has 0 aliphatic heterocycles. The molecular formula is C26H19N. The van der Waals surface area contributed by atoms with Crippen LogP contribution in [0.3, 0.4) is 0 Å². The second-order valence-corrected chi connectivity index (χ2v) is 6.79. The van der Waals surface area contributed by atoms with Crippen LogP contribution in [-0.4, -0.2) is 0 Å². The predicted octanol–water partition coefficient (Wildman–Crippen LogP) is 7.40. The number of hydrogen-bond acceptors (Lipinski definition) is 1. The Labute approximate surface area is 158 Å². The zero-order valence-corrected chi connectivity index (χ0v) is 14.9. The maximum absolute atomic E-state index is 3.57. The average molecular weight is 345 g/mol. The van der Waals surface area contributed by atoms with Gasteiger partial charge in [-0.05, 0) is 56.9 Å². The van der Waals surface area contributed by atoms with E-state index in [2.05, 4.69) is 108 Å². The SMILES string of the molecule is c1ccc(-c2cccc(Nc3ccc4ccc5ccccc5c4c3)c2)cc1. The van der Waals surface area contributed by atoms with Crippen molar-refractivity contribution in [3.63, 3.8) is 0 Å². The van der Waals surface area contributed by atoms with Gasteiger partial charge in [-0.15, -0.1) is 0 Å². The van der Waals surface area contributed by atoms with Crippen molar-refractivity contribution in [2.75, 3.05) is 5.32 Å². The highest BCUT2D eigenvalue weighted by molar-refractivity contribution is 6.08. The normalized spacial score (nSPS) is 11.0. The molecule has 5 rings (SSSR count). The van der Waals surface area contributed by atoms with E-state index in [1.165, 1.54) is 32.7 Å². The molecule has 0 fully saturated rings. The maximum Gasteiger partial charge on any atom is 0.0390 e. The molecule has 0 unspecified atom stereocenters. The summed E-state index contributed by atoms with van der Waals surface area (Å²) >= 11 is 0. The molecule has 5 aromatic carbocycles. The van der Waals surface area contributed by atoms with Gasteiger partial charge in [0.25, 0.3) is 0 Å². The molecule has 0 saturated carbocycles. The van der Waals surface area contributed by atoms with Gasteiger partial charge in [-0.1, -0.05) is 84.9 Å². The zero-order valence-electron chi connectivity index (χ0n) is 14.9. The van der Waals surface area contributed by atoms with E-state index in [-0.39, 0.29) is 0 Å². The molecule has 0 bridgehead atoms. The van der Waals surface area contributed by atoms with E-state index < -0.39 is 0 Å². The van der Waals surface area contributed by atoms with Crippen LogP contribution >= 0.6 is 0 Å². The van der Waals surface area contributed by atoms with Crippen molar-refractivity contribution in [1.82, 2.24) is 0 Å². The molecule has 0 saturated heterocycles. The third-order valence-electron chi connectivity index (χ3n) is 5.01. The fourth-order valence-electron chi connectivity index (χ4n) is 3.65. The lowest BCUT2D eigenvalue weighted by Gasteiger charge is -2.11. The van der Waals surface area contributed by atoms with E-state index in [1.54, 1.807) is 0 Å². The summed E-state index contributed by atoms with van der Waals surface area (Å²) in [5.41, 5.74) is 4.64. The summed E-state index contributed by atoms with van der Waals surface area (Å²) in [4.78, 5) is 0. The van der Waals surface area contributed by atoms with Gasteiger partial charge < -0.3 is 5.32 Å². The number of hydrogen-bond donors (Lipinski definition) is 1. The number of fused-ring (bicyclic) bond motifs is 3. The first-order chi connectivity index (χ1) is 13.4. The summed E-state index contributed by atoms with van der Waals surface area (Å²) in [6, 6.07) is 38.5. The predicted molar refractivity (Wildman–Crippen MR) is 117 cm³/mol. The fourth-order valence-corrected chi connectivity index (χ4v) is 3.65. The first-order valence-corrected chi connectivity index (χ1v) is 9.21. The van der Waals surface area contributed by atoms with Gasteiger partial charge in [0.1, 0.15) is 0 Å². The monoisotopic (exact) mass is 345 g/mol. The van der Waals surface area contributed by atoms with Gasteiger partial charge >= 0.3 is 0 Å². The topological polar surface area (TPSA) is 12.0 Å². The summed E-state index contributed by atoms with van der Waals surface area (Å²) in [6.07, 6.45) is 0. The van der Waals surface area contributed by atoms with E-state index >= 15 is 0 Å². The summed E-state index contributed by atoms with van der Waals surface area (Å²) in [6.45, 7) is 0. The van der Waals surface area contributed by atoms with Crippen molar-refractivity contribution < 1.29 is 0 Å². The van der Waals surface area contributed by atoms with E-state index in [0.29, 0.717) is 0 Å². The van der Waals surface area contributed by atoms with Crippen LogP contribution in [0, 0.1) is 0 Å². The Kier molecular flexibility index (Phi) is 3.84. The average Bonchev–Trinajstić information content (AvgIpc) is 2.74. The Morgan fingerprint density at radius 3 is 1.96 bits per heavy atom. The molecule has 128 valence electrons.